The molecule has 6 heteroatoms. The number of rotatable bonds is 4. The van der Waals surface area contributed by atoms with E-state index >= 15 is 0 Å². The van der Waals surface area contributed by atoms with E-state index in [0.717, 1.165) is 38.0 Å². The zero-order valence-electron chi connectivity index (χ0n) is 15.6. The van der Waals surface area contributed by atoms with Gasteiger partial charge >= 0.3 is 5.97 Å². The van der Waals surface area contributed by atoms with Gasteiger partial charge in [-0.2, -0.15) is 0 Å². The summed E-state index contributed by atoms with van der Waals surface area (Å²) >= 11 is 0. The van der Waals surface area contributed by atoms with Crippen molar-refractivity contribution in [3.05, 3.63) is 29.8 Å². The van der Waals surface area contributed by atoms with E-state index in [9.17, 15) is 19.5 Å². The molecule has 1 aromatic rings. The zero-order valence-corrected chi connectivity index (χ0v) is 15.6. The average molecular weight is 370 g/mol. The van der Waals surface area contributed by atoms with Gasteiger partial charge in [0.05, 0.1) is 11.8 Å². The van der Waals surface area contributed by atoms with E-state index in [4.69, 9.17) is 0 Å². The largest absolute Gasteiger partial charge is 0.481 e. The summed E-state index contributed by atoms with van der Waals surface area (Å²) in [7, 11) is 0. The van der Waals surface area contributed by atoms with Crippen LogP contribution in [0.15, 0.2) is 24.3 Å². The first-order valence-electron chi connectivity index (χ1n) is 9.83. The minimum absolute atomic E-state index is 0.0428. The van der Waals surface area contributed by atoms with Gasteiger partial charge < -0.3 is 14.9 Å². The lowest BCUT2D eigenvalue weighted by Crippen LogP contribution is -2.52. The second-order valence-corrected chi connectivity index (χ2v) is 8.14. The van der Waals surface area contributed by atoms with Gasteiger partial charge in [-0.15, -0.1) is 0 Å². The summed E-state index contributed by atoms with van der Waals surface area (Å²) < 4.78 is 0. The maximum atomic E-state index is 13.1. The van der Waals surface area contributed by atoms with Crippen LogP contribution in [0.5, 0.6) is 0 Å². The van der Waals surface area contributed by atoms with E-state index in [-0.39, 0.29) is 29.4 Å². The second-order valence-electron chi connectivity index (χ2n) is 8.14. The molecule has 2 bridgehead atoms. The quantitative estimate of drug-likeness (QED) is 0.823. The molecule has 6 nitrogen and oxygen atoms in total. The number of benzene rings is 1. The zero-order chi connectivity index (χ0) is 19.1. The summed E-state index contributed by atoms with van der Waals surface area (Å²) in [5, 5.41) is 9.60. The summed E-state index contributed by atoms with van der Waals surface area (Å²) in [6.45, 7) is 4.24. The van der Waals surface area contributed by atoms with Crippen LogP contribution in [0.2, 0.25) is 0 Å². The lowest BCUT2D eigenvalue weighted by atomic mass is 9.78. The third kappa shape index (κ3) is 3.22. The van der Waals surface area contributed by atoms with Crippen molar-refractivity contribution < 1.29 is 19.5 Å². The predicted octanol–water partition coefficient (Wildman–Crippen LogP) is 2.28. The SMILES string of the molecule is CC(=O)c1ccc(N2CCN(C(=O)C3C4CCC(C4)C3C(=O)O)CC2)cc1. The van der Waals surface area contributed by atoms with Gasteiger partial charge in [0.25, 0.3) is 0 Å². The Hall–Kier alpha value is -2.37. The van der Waals surface area contributed by atoms with Crippen molar-refractivity contribution in [2.75, 3.05) is 31.1 Å². The monoisotopic (exact) mass is 370 g/mol. The molecule has 3 aliphatic rings. The molecule has 0 aromatic heterocycles. The van der Waals surface area contributed by atoms with Gasteiger partial charge in [0.1, 0.15) is 0 Å². The number of Topliss-reactive ketones (excluding diaryl/α,β-unsaturated/α-hetero) is 1. The molecule has 0 radical (unpaired) electrons. The van der Waals surface area contributed by atoms with E-state index < -0.39 is 11.9 Å². The summed E-state index contributed by atoms with van der Waals surface area (Å²) in [4.78, 5) is 40.3. The van der Waals surface area contributed by atoms with E-state index in [0.29, 0.717) is 18.7 Å². The Bertz CT molecular complexity index is 752. The van der Waals surface area contributed by atoms with Crippen molar-refractivity contribution >= 4 is 23.3 Å². The van der Waals surface area contributed by atoms with Crippen molar-refractivity contribution in [2.24, 2.45) is 23.7 Å². The Labute approximate surface area is 159 Å². The molecule has 1 amide bonds. The number of fused-ring (bicyclic) bond motifs is 2. The van der Waals surface area contributed by atoms with Crippen molar-refractivity contribution in [3.8, 4) is 0 Å². The highest BCUT2D eigenvalue weighted by atomic mass is 16.4. The Kier molecular flexibility index (Phi) is 4.66. The number of carbonyl (C=O) groups is 3. The van der Waals surface area contributed by atoms with Crippen LogP contribution >= 0.6 is 0 Å². The molecule has 27 heavy (non-hydrogen) atoms. The van der Waals surface area contributed by atoms with Gasteiger partial charge in [-0.3, -0.25) is 14.4 Å². The number of carboxylic acid groups (broad SMARTS) is 1. The fraction of sp³-hybridized carbons (Fsp3) is 0.571. The molecule has 2 saturated carbocycles. The number of carbonyl (C=O) groups excluding carboxylic acids is 2. The van der Waals surface area contributed by atoms with E-state index in [1.807, 2.05) is 29.2 Å². The summed E-state index contributed by atoms with van der Waals surface area (Å²) in [5.74, 6) is -1.10. The molecule has 1 saturated heterocycles. The lowest BCUT2D eigenvalue weighted by molar-refractivity contribution is -0.153. The number of anilines is 1. The molecule has 1 heterocycles. The van der Waals surface area contributed by atoms with Crippen LogP contribution in [0.25, 0.3) is 0 Å². The highest BCUT2D eigenvalue weighted by molar-refractivity contribution is 5.94. The Balaban J connectivity index is 1.39. The van der Waals surface area contributed by atoms with Crippen LogP contribution in [0, 0.1) is 23.7 Å². The minimum Gasteiger partial charge on any atom is -0.481 e. The van der Waals surface area contributed by atoms with Crippen LogP contribution in [-0.2, 0) is 9.59 Å². The Morgan fingerprint density at radius 2 is 1.52 bits per heavy atom. The number of hydrogen-bond donors (Lipinski definition) is 1. The predicted molar refractivity (Wildman–Crippen MR) is 101 cm³/mol. The molecule has 4 atom stereocenters. The van der Waals surface area contributed by atoms with E-state index in [2.05, 4.69) is 4.90 Å². The first kappa shape index (κ1) is 18.0. The number of nitrogens with zero attached hydrogens (tertiary/aromatic N) is 2. The Morgan fingerprint density at radius 3 is 2.07 bits per heavy atom. The number of ketones is 1. The summed E-state index contributed by atoms with van der Waals surface area (Å²) in [5.41, 5.74) is 1.75. The van der Waals surface area contributed by atoms with Gasteiger partial charge in [0.2, 0.25) is 5.91 Å². The van der Waals surface area contributed by atoms with E-state index in [1.165, 1.54) is 0 Å². The molecule has 1 aromatic carbocycles. The third-order valence-corrected chi connectivity index (χ3v) is 6.72. The van der Waals surface area contributed by atoms with Crippen LogP contribution in [-0.4, -0.2) is 53.8 Å². The van der Waals surface area contributed by atoms with Crippen LogP contribution < -0.4 is 4.90 Å². The van der Waals surface area contributed by atoms with Crippen LogP contribution in [0.3, 0.4) is 0 Å². The fourth-order valence-electron chi connectivity index (χ4n) is 5.30. The van der Waals surface area contributed by atoms with Crippen molar-refractivity contribution in [1.29, 1.82) is 0 Å². The van der Waals surface area contributed by atoms with Crippen LogP contribution in [0.4, 0.5) is 5.69 Å². The Morgan fingerprint density at radius 1 is 0.926 bits per heavy atom. The summed E-state index contributed by atoms with van der Waals surface area (Å²) in [6, 6.07) is 7.57. The maximum absolute atomic E-state index is 13.1. The molecular formula is C21H26N2O4. The standard InChI is InChI=1S/C21H26N2O4/c1-13(24)14-4-6-17(7-5-14)22-8-10-23(11-9-22)20(25)18-15-2-3-16(12-15)19(18)21(26)27/h4-7,15-16,18-19H,2-3,8-12H2,1H3,(H,26,27). The van der Waals surface area contributed by atoms with Gasteiger partial charge in [0.15, 0.2) is 5.78 Å². The van der Waals surface area contributed by atoms with Crippen molar-refractivity contribution in [2.45, 2.75) is 26.2 Å². The molecule has 1 aliphatic heterocycles. The highest BCUT2D eigenvalue weighted by Gasteiger charge is 2.54. The molecule has 4 rings (SSSR count). The molecule has 3 fully saturated rings. The lowest BCUT2D eigenvalue weighted by Gasteiger charge is -2.39. The minimum atomic E-state index is -0.801. The van der Waals surface area contributed by atoms with Crippen molar-refractivity contribution in [3.63, 3.8) is 0 Å². The smallest absolute Gasteiger partial charge is 0.307 e. The summed E-state index contributed by atoms with van der Waals surface area (Å²) in [6.07, 6.45) is 2.85. The second kappa shape index (κ2) is 6.98. The third-order valence-electron chi connectivity index (χ3n) is 6.72. The molecule has 4 unspecified atom stereocenters. The normalized spacial score (nSPS) is 29.8. The topological polar surface area (TPSA) is 77.9 Å². The van der Waals surface area contributed by atoms with E-state index in [1.54, 1.807) is 6.92 Å². The van der Waals surface area contributed by atoms with Crippen LogP contribution in [0.1, 0.15) is 36.5 Å². The molecule has 0 spiro atoms. The molecule has 2 aliphatic carbocycles. The molecular weight excluding hydrogens is 344 g/mol. The van der Waals surface area contributed by atoms with Gasteiger partial charge in [-0.25, -0.2) is 0 Å². The average Bonchev–Trinajstić information content (AvgIpc) is 3.29. The number of carboxylic acids is 1. The fourth-order valence-corrected chi connectivity index (χ4v) is 5.30. The first-order valence-corrected chi connectivity index (χ1v) is 9.83. The number of hydrogen-bond acceptors (Lipinski definition) is 4. The van der Waals surface area contributed by atoms with Gasteiger partial charge in [0, 0.05) is 37.4 Å². The first-order chi connectivity index (χ1) is 13.0. The number of amides is 1. The highest BCUT2D eigenvalue weighted by Crippen LogP contribution is 2.53. The molecule has 144 valence electrons. The number of piperazine rings is 1. The van der Waals surface area contributed by atoms with Gasteiger partial charge in [-0.1, -0.05) is 0 Å². The number of aliphatic carboxylic acids is 1. The van der Waals surface area contributed by atoms with Crippen molar-refractivity contribution in [1.82, 2.24) is 4.90 Å². The molecule has 1 N–H and O–H groups in total. The maximum Gasteiger partial charge on any atom is 0.307 e. The van der Waals surface area contributed by atoms with Gasteiger partial charge in [-0.05, 0) is 62.3 Å².